The van der Waals surface area contributed by atoms with Crippen LogP contribution in [0.4, 0.5) is 5.95 Å². The van der Waals surface area contributed by atoms with Gasteiger partial charge in [0.15, 0.2) is 0 Å². The average Bonchev–Trinajstić information content (AvgIpc) is 3.24. The van der Waals surface area contributed by atoms with Crippen molar-refractivity contribution in [2.45, 2.75) is 6.54 Å². The Kier molecular flexibility index (Phi) is 6.50. The van der Waals surface area contributed by atoms with Gasteiger partial charge in [-0.1, -0.05) is 0 Å². The standard InChI is InChI=1S/C22H26N6O4/c1-27-19(13-18(26-27)17-12-16(30-2)4-5-20(17)31-3)21(29)24-14-15-6-7-23-22(25-15)28-8-10-32-11-9-28/h4-7,12-13H,8-11,14H2,1-3H3,(H,24,29). The average molecular weight is 438 g/mol. The number of nitrogens with one attached hydrogen (secondary N) is 1. The SMILES string of the molecule is COc1ccc(OC)c(-c2cc(C(=O)NCc3ccnc(N4CCOCC4)n3)n(C)n2)c1. The number of aryl methyl sites for hydroxylation is 1. The summed E-state index contributed by atoms with van der Waals surface area (Å²) < 4.78 is 17.7. The number of carbonyl (C=O) groups excluding carboxylic acids is 1. The number of methoxy groups -OCH3 is 2. The van der Waals surface area contributed by atoms with Gasteiger partial charge in [-0.15, -0.1) is 0 Å². The van der Waals surface area contributed by atoms with Crippen molar-refractivity contribution >= 4 is 11.9 Å². The van der Waals surface area contributed by atoms with Crippen molar-refractivity contribution in [3.05, 3.63) is 47.9 Å². The van der Waals surface area contributed by atoms with E-state index in [4.69, 9.17) is 14.2 Å². The van der Waals surface area contributed by atoms with Crippen molar-refractivity contribution in [3.8, 4) is 22.8 Å². The van der Waals surface area contributed by atoms with Crippen LogP contribution >= 0.6 is 0 Å². The lowest BCUT2D eigenvalue weighted by molar-refractivity contribution is 0.0941. The molecule has 3 aromatic rings. The highest BCUT2D eigenvalue weighted by Gasteiger charge is 2.18. The van der Waals surface area contributed by atoms with Crippen LogP contribution in [0.15, 0.2) is 36.5 Å². The summed E-state index contributed by atoms with van der Waals surface area (Å²) >= 11 is 0. The van der Waals surface area contributed by atoms with Crippen molar-refractivity contribution in [1.82, 2.24) is 25.1 Å². The summed E-state index contributed by atoms with van der Waals surface area (Å²) in [5.74, 6) is 1.72. The largest absolute Gasteiger partial charge is 0.497 e. The van der Waals surface area contributed by atoms with Crippen molar-refractivity contribution in [2.24, 2.45) is 7.05 Å². The molecule has 1 aromatic carbocycles. The normalized spacial score (nSPS) is 13.7. The summed E-state index contributed by atoms with van der Waals surface area (Å²) in [7, 11) is 4.92. The molecule has 32 heavy (non-hydrogen) atoms. The molecule has 10 nitrogen and oxygen atoms in total. The molecule has 4 rings (SSSR count). The Balaban J connectivity index is 1.48. The Morgan fingerprint density at radius 2 is 1.97 bits per heavy atom. The molecule has 1 fully saturated rings. The predicted molar refractivity (Wildman–Crippen MR) is 118 cm³/mol. The molecule has 1 saturated heterocycles. The number of carbonyl (C=O) groups is 1. The van der Waals surface area contributed by atoms with Crippen molar-refractivity contribution in [2.75, 3.05) is 45.4 Å². The third kappa shape index (κ3) is 4.65. The number of benzene rings is 1. The molecule has 0 atom stereocenters. The van der Waals surface area contributed by atoms with E-state index in [1.165, 1.54) is 0 Å². The second-order valence-corrected chi connectivity index (χ2v) is 7.23. The van der Waals surface area contributed by atoms with Crippen LogP contribution in [0.2, 0.25) is 0 Å². The maximum Gasteiger partial charge on any atom is 0.269 e. The van der Waals surface area contributed by atoms with E-state index >= 15 is 0 Å². The van der Waals surface area contributed by atoms with Gasteiger partial charge in [-0.05, 0) is 30.3 Å². The van der Waals surface area contributed by atoms with E-state index in [1.54, 1.807) is 44.3 Å². The first-order valence-corrected chi connectivity index (χ1v) is 10.3. The molecule has 1 N–H and O–H groups in total. The minimum absolute atomic E-state index is 0.250. The zero-order valence-electron chi connectivity index (χ0n) is 18.4. The van der Waals surface area contributed by atoms with E-state index in [0.717, 1.165) is 24.3 Å². The monoisotopic (exact) mass is 438 g/mol. The number of nitrogens with zero attached hydrogens (tertiary/aromatic N) is 5. The molecule has 1 amide bonds. The fourth-order valence-corrected chi connectivity index (χ4v) is 3.49. The predicted octanol–water partition coefficient (Wildman–Crippen LogP) is 1.66. The quantitative estimate of drug-likeness (QED) is 0.594. The molecule has 0 unspecified atom stereocenters. The first kappa shape index (κ1) is 21.6. The number of hydrogen-bond donors (Lipinski definition) is 1. The molecule has 10 heteroatoms. The number of amides is 1. The highest BCUT2D eigenvalue weighted by molar-refractivity contribution is 5.93. The number of aromatic nitrogens is 4. The number of ether oxygens (including phenoxy) is 3. The third-order valence-electron chi connectivity index (χ3n) is 5.22. The van der Waals surface area contributed by atoms with Gasteiger partial charge in [-0.2, -0.15) is 5.10 Å². The van der Waals surface area contributed by atoms with E-state index in [2.05, 4.69) is 25.3 Å². The van der Waals surface area contributed by atoms with Crippen LogP contribution in [-0.2, 0) is 18.3 Å². The number of anilines is 1. The zero-order chi connectivity index (χ0) is 22.5. The van der Waals surface area contributed by atoms with Gasteiger partial charge in [0.05, 0.1) is 45.4 Å². The van der Waals surface area contributed by atoms with Crippen molar-refractivity contribution in [1.29, 1.82) is 0 Å². The minimum Gasteiger partial charge on any atom is -0.497 e. The van der Waals surface area contributed by atoms with Gasteiger partial charge in [-0.25, -0.2) is 9.97 Å². The number of rotatable bonds is 7. The molecule has 168 valence electrons. The van der Waals surface area contributed by atoms with Gasteiger partial charge in [0.1, 0.15) is 17.2 Å². The van der Waals surface area contributed by atoms with Crippen LogP contribution in [0.3, 0.4) is 0 Å². The minimum atomic E-state index is -0.250. The van der Waals surface area contributed by atoms with Crippen LogP contribution in [0, 0.1) is 0 Å². The first-order chi connectivity index (χ1) is 15.6. The van der Waals surface area contributed by atoms with Gasteiger partial charge in [0, 0.05) is 31.9 Å². The van der Waals surface area contributed by atoms with Crippen LogP contribution < -0.4 is 19.7 Å². The molecule has 0 spiro atoms. The molecule has 2 aromatic heterocycles. The first-order valence-electron chi connectivity index (χ1n) is 10.3. The smallest absolute Gasteiger partial charge is 0.269 e. The van der Waals surface area contributed by atoms with E-state index in [1.807, 2.05) is 18.2 Å². The lowest BCUT2D eigenvalue weighted by Gasteiger charge is -2.26. The number of hydrogen-bond acceptors (Lipinski definition) is 8. The molecule has 0 bridgehead atoms. The maximum absolute atomic E-state index is 12.8. The molecule has 1 aliphatic heterocycles. The van der Waals surface area contributed by atoms with Crippen molar-refractivity contribution in [3.63, 3.8) is 0 Å². The summed E-state index contributed by atoms with van der Waals surface area (Å²) in [5, 5.41) is 7.41. The Morgan fingerprint density at radius 3 is 2.72 bits per heavy atom. The Hall–Kier alpha value is -3.66. The molecular weight excluding hydrogens is 412 g/mol. The van der Waals surface area contributed by atoms with Gasteiger partial charge >= 0.3 is 0 Å². The highest BCUT2D eigenvalue weighted by Crippen LogP contribution is 2.32. The molecule has 1 aliphatic rings. The van der Waals surface area contributed by atoms with Gasteiger partial charge in [-0.3, -0.25) is 9.48 Å². The highest BCUT2D eigenvalue weighted by atomic mass is 16.5. The fraction of sp³-hybridized carbons (Fsp3) is 0.364. The lowest BCUT2D eigenvalue weighted by atomic mass is 10.1. The fourth-order valence-electron chi connectivity index (χ4n) is 3.49. The number of morpholine rings is 1. The van der Waals surface area contributed by atoms with Crippen molar-refractivity contribution < 1.29 is 19.0 Å². The van der Waals surface area contributed by atoms with Crippen LogP contribution in [-0.4, -0.2) is 66.2 Å². The second-order valence-electron chi connectivity index (χ2n) is 7.23. The summed E-state index contributed by atoms with van der Waals surface area (Å²) in [5.41, 5.74) is 2.51. The zero-order valence-corrected chi connectivity index (χ0v) is 18.4. The summed E-state index contributed by atoms with van der Waals surface area (Å²) in [6, 6.07) is 8.97. The maximum atomic E-state index is 12.8. The lowest BCUT2D eigenvalue weighted by Crippen LogP contribution is -2.37. The Bertz CT molecular complexity index is 1090. The van der Waals surface area contributed by atoms with Gasteiger partial charge < -0.3 is 24.4 Å². The van der Waals surface area contributed by atoms with Crippen LogP contribution in [0.5, 0.6) is 11.5 Å². The van der Waals surface area contributed by atoms with E-state index in [9.17, 15) is 4.79 Å². The van der Waals surface area contributed by atoms with E-state index in [0.29, 0.717) is 42.0 Å². The molecule has 0 radical (unpaired) electrons. The topological polar surface area (TPSA) is 104 Å². The van der Waals surface area contributed by atoms with Gasteiger partial charge in [0.25, 0.3) is 5.91 Å². The molecule has 3 heterocycles. The van der Waals surface area contributed by atoms with Crippen LogP contribution in [0.25, 0.3) is 11.3 Å². The Morgan fingerprint density at radius 1 is 1.16 bits per heavy atom. The third-order valence-corrected chi connectivity index (χ3v) is 5.22. The van der Waals surface area contributed by atoms with E-state index < -0.39 is 0 Å². The second kappa shape index (κ2) is 9.65. The summed E-state index contributed by atoms with van der Waals surface area (Å²) in [4.78, 5) is 23.8. The molecule has 0 saturated carbocycles. The summed E-state index contributed by atoms with van der Waals surface area (Å²) in [6.45, 7) is 3.10. The summed E-state index contributed by atoms with van der Waals surface area (Å²) in [6.07, 6.45) is 1.70. The van der Waals surface area contributed by atoms with Crippen LogP contribution in [0.1, 0.15) is 16.2 Å². The molecule has 0 aliphatic carbocycles. The molecular formula is C22H26N6O4. The van der Waals surface area contributed by atoms with E-state index in [-0.39, 0.29) is 12.5 Å². The van der Waals surface area contributed by atoms with Gasteiger partial charge in [0.2, 0.25) is 5.95 Å². The Labute approximate surface area is 186 Å².